The molecule has 0 atom stereocenters. The summed E-state index contributed by atoms with van der Waals surface area (Å²) in [6.07, 6.45) is 2.91. The van der Waals surface area contributed by atoms with Gasteiger partial charge in [0.2, 0.25) is 0 Å². The van der Waals surface area contributed by atoms with Crippen LogP contribution in [0.15, 0.2) is 18.3 Å². The van der Waals surface area contributed by atoms with Gasteiger partial charge in [-0.2, -0.15) is 9.61 Å². The van der Waals surface area contributed by atoms with Gasteiger partial charge in [-0.25, -0.2) is 0 Å². The molecule has 2 heterocycles. The highest BCUT2D eigenvalue weighted by atomic mass is 16.4. The number of aromatic nitrogens is 4. The Hall–Kier alpha value is -1.98. The first kappa shape index (κ1) is 9.57. The Balaban J connectivity index is 2.11. The second-order valence-corrected chi connectivity index (χ2v) is 3.16. The van der Waals surface area contributed by atoms with Crippen LogP contribution in [0.4, 0.5) is 0 Å². The van der Waals surface area contributed by atoms with Crippen LogP contribution in [-0.4, -0.2) is 30.9 Å². The highest BCUT2D eigenvalue weighted by molar-refractivity contribution is 5.66. The third-order valence-corrected chi connectivity index (χ3v) is 2.03. The van der Waals surface area contributed by atoms with Gasteiger partial charge in [0, 0.05) is 19.0 Å². The Morgan fingerprint density at radius 3 is 3.13 bits per heavy atom. The number of hydrogen-bond acceptors (Lipinski definition) is 4. The summed E-state index contributed by atoms with van der Waals surface area (Å²) in [4.78, 5) is 10.3. The number of aryl methyl sites for hydroxylation is 1. The molecule has 1 N–H and O–H groups in total. The van der Waals surface area contributed by atoms with E-state index in [-0.39, 0.29) is 6.42 Å². The molecule has 2 aromatic heterocycles. The molecule has 0 unspecified atom stereocenters. The van der Waals surface area contributed by atoms with Gasteiger partial charge in [-0.05, 0) is 18.6 Å². The molecule has 2 aromatic rings. The number of rotatable bonds is 4. The fourth-order valence-corrected chi connectivity index (χ4v) is 1.34. The standard InChI is InChI=1S/C9H10N4O2/c14-9(15)5-1-3-7-11-12-8-4-2-6-10-13(7)8/h2,4,6H,1,3,5H2,(H,14,15). The molecule has 0 spiro atoms. The van der Waals surface area contributed by atoms with Crippen LogP contribution in [0.25, 0.3) is 5.65 Å². The molecule has 0 saturated heterocycles. The first-order chi connectivity index (χ1) is 7.27. The number of aliphatic carboxylic acids is 1. The Labute approximate surface area is 85.6 Å². The topological polar surface area (TPSA) is 80.4 Å². The van der Waals surface area contributed by atoms with Gasteiger partial charge >= 0.3 is 5.97 Å². The Bertz CT molecular complexity index is 480. The van der Waals surface area contributed by atoms with Crippen molar-refractivity contribution in [3.63, 3.8) is 0 Å². The molecule has 0 fully saturated rings. The summed E-state index contributed by atoms with van der Waals surface area (Å²) in [7, 11) is 0. The minimum absolute atomic E-state index is 0.141. The number of fused-ring (bicyclic) bond motifs is 1. The lowest BCUT2D eigenvalue weighted by Crippen LogP contribution is -2.01. The van der Waals surface area contributed by atoms with Crippen molar-refractivity contribution in [1.82, 2.24) is 19.8 Å². The number of nitrogens with zero attached hydrogens (tertiary/aromatic N) is 4. The third-order valence-electron chi connectivity index (χ3n) is 2.03. The van der Waals surface area contributed by atoms with Gasteiger partial charge in [-0.1, -0.05) is 0 Å². The van der Waals surface area contributed by atoms with Gasteiger partial charge in [0.15, 0.2) is 11.5 Å². The molecule has 0 aliphatic rings. The average molecular weight is 206 g/mol. The van der Waals surface area contributed by atoms with Crippen LogP contribution in [-0.2, 0) is 11.2 Å². The van der Waals surface area contributed by atoms with E-state index in [0.29, 0.717) is 24.3 Å². The van der Waals surface area contributed by atoms with Crippen LogP contribution in [0.1, 0.15) is 18.7 Å². The quantitative estimate of drug-likeness (QED) is 0.789. The first-order valence-electron chi connectivity index (χ1n) is 4.64. The van der Waals surface area contributed by atoms with Gasteiger partial charge in [0.1, 0.15) is 0 Å². The van der Waals surface area contributed by atoms with Gasteiger partial charge < -0.3 is 5.11 Å². The molecule has 0 aliphatic heterocycles. The number of hydrogen-bond donors (Lipinski definition) is 1. The Morgan fingerprint density at radius 1 is 1.47 bits per heavy atom. The molecule has 2 rings (SSSR count). The summed E-state index contributed by atoms with van der Waals surface area (Å²) in [5.74, 6) is -0.0939. The van der Waals surface area contributed by atoms with Crippen LogP contribution in [0, 0.1) is 0 Å². The second-order valence-electron chi connectivity index (χ2n) is 3.16. The van der Waals surface area contributed by atoms with Crippen molar-refractivity contribution in [2.24, 2.45) is 0 Å². The van der Waals surface area contributed by atoms with Crippen LogP contribution in [0.2, 0.25) is 0 Å². The zero-order valence-electron chi connectivity index (χ0n) is 8.00. The average Bonchev–Trinajstić information content (AvgIpc) is 2.62. The van der Waals surface area contributed by atoms with Crippen LogP contribution in [0.3, 0.4) is 0 Å². The molecule has 6 heteroatoms. The molecule has 0 radical (unpaired) electrons. The van der Waals surface area contributed by atoms with Crippen molar-refractivity contribution in [2.75, 3.05) is 0 Å². The molecule has 15 heavy (non-hydrogen) atoms. The number of carboxylic acid groups (broad SMARTS) is 1. The fourth-order valence-electron chi connectivity index (χ4n) is 1.34. The summed E-state index contributed by atoms with van der Waals surface area (Å²) < 4.78 is 1.63. The summed E-state index contributed by atoms with van der Waals surface area (Å²) in [5, 5.41) is 20.4. The van der Waals surface area contributed by atoms with Crippen LogP contribution >= 0.6 is 0 Å². The van der Waals surface area contributed by atoms with E-state index in [1.807, 2.05) is 0 Å². The molecular formula is C9H10N4O2. The highest BCUT2D eigenvalue weighted by Crippen LogP contribution is 2.04. The molecule has 0 amide bonds. The zero-order chi connectivity index (χ0) is 10.7. The van der Waals surface area contributed by atoms with E-state index in [0.717, 1.165) is 0 Å². The third kappa shape index (κ3) is 2.09. The first-order valence-corrected chi connectivity index (χ1v) is 4.64. The molecule has 6 nitrogen and oxygen atoms in total. The van der Waals surface area contributed by atoms with E-state index in [1.54, 1.807) is 22.8 Å². The van der Waals surface area contributed by atoms with Crippen molar-refractivity contribution in [3.8, 4) is 0 Å². The van der Waals surface area contributed by atoms with Crippen LogP contribution < -0.4 is 0 Å². The van der Waals surface area contributed by atoms with Gasteiger partial charge in [0.05, 0.1) is 0 Å². The summed E-state index contributed by atoms with van der Waals surface area (Å²) in [6, 6.07) is 3.59. The van der Waals surface area contributed by atoms with Gasteiger partial charge in [0.25, 0.3) is 0 Å². The van der Waals surface area contributed by atoms with Gasteiger partial charge in [-0.15, -0.1) is 10.2 Å². The molecule has 0 aromatic carbocycles. The summed E-state index contributed by atoms with van der Waals surface area (Å²) in [5.41, 5.74) is 0.683. The normalized spacial score (nSPS) is 10.7. The van der Waals surface area contributed by atoms with Crippen molar-refractivity contribution in [3.05, 3.63) is 24.2 Å². The highest BCUT2D eigenvalue weighted by Gasteiger charge is 2.06. The maximum Gasteiger partial charge on any atom is 0.303 e. The summed E-state index contributed by atoms with van der Waals surface area (Å²) >= 11 is 0. The largest absolute Gasteiger partial charge is 0.481 e. The van der Waals surface area contributed by atoms with Crippen LogP contribution in [0.5, 0.6) is 0 Å². The Morgan fingerprint density at radius 2 is 2.33 bits per heavy atom. The number of carbonyl (C=O) groups is 1. The van der Waals surface area contributed by atoms with E-state index in [4.69, 9.17) is 5.11 Å². The predicted octanol–water partition coefficient (Wildman–Crippen LogP) is 0.532. The van der Waals surface area contributed by atoms with E-state index in [2.05, 4.69) is 15.3 Å². The van der Waals surface area contributed by atoms with E-state index in [1.165, 1.54) is 0 Å². The lowest BCUT2D eigenvalue weighted by Gasteiger charge is -1.96. The fraction of sp³-hybridized carbons (Fsp3) is 0.333. The maximum absolute atomic E-state index is 10.3. The van der Waals surface area contributed by atoms with E-state index < -0.39 is 5.97 Å². The van der Waals surface area contributed by atoms with E-state index >= 15 is 0 Å². The molecule has 0 saturated carbocycles. The smallest absolute Gasteiger partial charge is 0.303 e. The molecule has 78 valence electrons. The molecule has 0 aliphatic carbocycles. The zero-order valence-corrected chi connectivity index (χ0v) is 8.00. The number of carboxylic acids is 1. The monoisotopic (exact) mass is 206 g/mol. The second kappa shape index (κ2) is 4.04. The minimum Gasteiger partial charge on any atom is -0.481 e. The van der Waals surface area contributed by atoms with Crippen molar-refractivity contribution in [1.29, 1.82) is 0 Å². The summed E-state index contributed by atoms with van der Waals surface area (Å²) in [6.45, 7) is 0. The maximum atomic E-state index is 10.3. The van der Waals surface area contributed by atoms with E-state index in [9.17, 15) is 4.79 Å². The van der Waals surface area contributed by atoms with Gasteiger partial charge in [-0.3, -0.25) is 4.79 Å². The van der Waals surface area contributed by atoms with Crippen molar-refractivity contribution >= 4 is 11.6 Å². The molecule has 0 bridgehead atoms. The Kier molecular flexibility index (Phi) is 2.57. The predicted molar refractivity (Wildman–Crippen MR) is 51.4 cm³/mol. The minimum atomic E-state index is -0.795. The molecular weight excluding hydrogens is 196 g/mol. The SMILES string of the molecule is O=C(O)CCCc1nnc2cccnn12. The van der Waals surface area contributed by atoms with Crippen molar-refractivity contribution < 1.29 is 9.90 Å². The van der Waals surface area contributed by atoms with Crippen molar-refractivity contribution in [2.45, 2.75) is 19.3 Å². The lowest BCUT2D eigenvalue weighted by atomic mass is 10.2. The lowest BCUT2D eigenvalue weighted by molar-refractivity contribution is -0.137.